The number of hydrogen-bond donors (Lipinski definition) is 2. The van der Waals surface area contributed by atoms with Crippen LogP contribution in [0.25, 0.3) is 0 Å². The number of ether oxygens (including phenoxy) is 1. The third-order valence-electron chi connectivity index (χ3n) is 2.72. The van der Waals surface area contributed by atoms with Crippen molar-refractivity contribution in [3.8, 4) is 0 Å². The topological polar surface area (TPSA) is 64.3 Å². The van der Waals surface area contributed by atoms with Crippen molar-refractivity contribution in [3.05, 3.63) is 21.9 Å². The Labute approximate surface area is 113 Å². The third kappa shape index (κ3) is 5.16. The normalized spacial score (nSPS) is 14.2. The smallest absolute Gasteiger partial charge is 0.222 e. The molecular formula is C13H22N2O2S. The van der Waals surface area contributed by atoms with Crippen LogP contribution in [0.1, 0.15) is 23.1 Å². The zero-order chi connectivity index (χ0) is 13.5. The third-order valence-corrected chi connectivity index (χ3v) is 3.74. The predicted molar refractivity (Wildman–Crippen MR) is 74.8 cm³/mol. The molecule has 3 N–H and O–H groups in total. The van der Waals surface area contributed by atoms with Crippen molar-refractivity contribution in [3.63, 3.8) is 0 Å². The molecule has 0 aliphatic heterocycles. The van der Waals surface area contributed by atoms with E-state index in [0.717, 1.165) is 6.42 Å². The molecule has 2 unspecified atom stereocenters. The average Bonchev–Trinajstić information content (AvgIpc) is 2.71. The zero-order valence-electron chi connectivity index (χ0n) is 11.2. The van der Waals surface area contributed by atoms with Crippen LogP contribution in [0.15, 0.2) is 12.1 Å². The lowest BCUT2D eigenvalue weighted by Gasteiger charge is -2.16. The maximum Gasteiger partial charge on any atom is 0.222 e. The Morgan fingerprint density at radius 1 is 1.56 bits per heavy atom. The van der Waals surface area contributed by atoms with Crippen molar-refractivity contribution in [1.29, 1.82) is 0 Å². The van der Waals surface area contributed by atoms with Gasteiger partial charge in [-0.05, 0) is 26.0 Å². The summed E-state index contributed by atoms with van der Waals surface area (Å²) in [5, 5.41) is 2.97. The summed E-state index contributed by atoms with van der Waals surface area (Å²) < 4.78 is 5.09. The highest BCUT2D eigenvalue weighted by molar-refractivity contribution is 7.11. The molecular weight excluding hydrogens is 248 g/mol. The van der Waals surface area contributed by atoms with Gasteiger partial charge in [-0.1, -0.05) is 0 Å². The van der Waals surface area contributed by atoms with Gasteiger partial charge in [0.15, 0.2) is 0 Å². The summed E-state index contributed by atoms with van der Waals surface area (Å²) >= 11 is 1.77. The van der Waals surface area contributed by atoms with Crippen LogP contribution in [0.5, 0.6) is 0 Å². The molecule has 1 aromatic heterocycles. The minimum Gasteiger partial charge on any atom is -0.380 e. The molecule has 18 heavy (non-hydrogen) atoms. The summed E-state index contributed by atoms with van der Waals surface area (Å²) in [6.07, 6.45) is 0.992. The molecule has 1 rings (SSSR count). The Morgan fingerprint density at radius 3 is 2.78 bits per heavy atom. The zero-order valence-corrected chi connectivity index (χ0v) is 12.0. The van der Waals surface area contributed by atoms with Gasteiger partial charge in [-0.25, -0.2) is 0 Å². The van der Waals surface area contributed by atoms with E-state index in [0.29, 0.717) is 13.0 Å². The van der Waals surface area contributed by atoms with Gasteiger partial charge in [-0.15, -0.1) is 11.3 Å². The minimum atomic E-state index is -0.193. The number of amides is 1. The van der Waals surface area contributed by atoms with Crippen molar-refractivity contribution >= 4 is 17.2 Å². The lowest BCUT2D eigenvalue weighted by atomic mass is 10.2. The van der Waals surface area contributed by atoms with Crippen molar-refractivity contribution in [2.45, 2.75) is 38.8 Å². The molecule has 4 nitrogen and oxygen atoms in total. The summed E-state index contributed by atoms with van der Waals surface area (Å²) in [5.74, 6) is -0.00641. The number of carbonyl (C=O) groups is 1. The van der Waals surface area contributed by atoms with Crippen LogP contribution in [0, 0.1) is 6.92 Å². The molecule has 0 fully saturated rings. The van der Waals surface area contributed by atoms with E-state index in [1.54, 1.807) is 18.4 Å². The number of aryl methyl sites for hydroxylation is 1. The van der Waals surface area contributed by atoms with Gasteiger partial charge < -0.3 is 15.8 Å². The van der Waals surface area contributed by atoms with Crippen LogP contribution < -0.4 is 11.1 Å². The fourth-order valence-corrected chi connectivity index (χ4v) is 2.77. The highest BCUT2D eigenvalue weighted by Gasteiger charge is 2.14. The van der Waals surface area contributed by atoms with Crippen LogP contribution in [0.2, 0.25) is 0 Å². The lowest BCUT2D eigenvalue weighted by molar-refractivity contribution is -0.123. The summed E-state index contributed by atoms with van der Waals surface area (Å²) in [7, 11) is 1.57. The second kappa shape index (κ2) is 7.51. The van der Waals surface area contributed by atoms with E-state index >= 15 is 0 Å². The first kappa shape index (κ1) is 15.1. The predicted octanol–water partition coefficient (Wildman–Crippen LogP) is 1.47. The van der Waals surface area contributed by atoms with Gasteiger partial charge in [0.25, 0.3) is 0 Å². The molecule has 5 heteroatoms. The van der Waals surface area contributed by atoms with Gasteiger partial charge in [-0.2, -0.15) is 0 Å². The monoisotopic (exact) mass is 270 g/mol. The second-order valence-electron chi connectivity index (χ2n) is 4.48. The molecule has 102 valence electrons. The van der Waals surface area contributed by atoms with Crippen molar-refractivity contribution in [2.24, 2.45) is 5.73 Å². The summed E-state index contributed by atoms with van der Waals surface area (Å²) in [5.41, 5.74) is 5.49. The summed E-state index contributed by atoms with van der Waals surface area (Å²) in [4.78, 5) is 14.3. The van der Waals surface area contributed by atoms with Crippen molar-refractivity contribution < 1.29 is 9.53 Å². The van der Waals surface area contributed by atoms with Gasteiger partial charge in [-0.3, -0.25) is 4.79 Å². The number of nitrogens with one attached hydrogen (secondary N) is 1. The van der Waals surface area contributed by atoms with E-state index in [4.69, 9.17) is 10.5 Å². The first-order valence-corrected chi connectivity index (χ1v) is 6.94. The van der Waals surface area contributed by atoms with Crippen LogP contribution in [0.3, 0.4) is 0 Å². The lowest BCUT2D eigenvalue weighted by Crippen LogP contribution is -2.37. The summed E-state index contributed by atoms with van der Waals surface area (Å²) in [6, 6.07) is 4.34. The van der Waals surface area contributed by atoms with Gasteiger partial charge in [0, 0.05) is 35.9 Å². The molecule has 0 aromatic carbocycles. The Kier molecular flexibility index (Phi) is 6.32. The molecule has 0 aliphatic carbocycles. The second-order valence-corrected chi connectivity index (χ2v) is 5.86. The first-order valence-electron chi connectivity index (χ1n) is 6.12. The van der Waals surface area contributed by atoms with Gasteiger partial charge in [0.1, 0.15) is 0 Å². The van der Waals surface area contributed by atoms with Crippen molar-refractivity contribution in [1.82, 2.24) is 5.32 Å². The highest BCUT2D eigenvalue weighted by atomic mass is 32.1. The molecule has 0 saturated heterocycles. The number of hydrogen-bond acceptors (Lipinski definition) is 4. The summed E-state index contributed by atoms with van der Waals surface area (Å²) in [6.45, 7) is 4.46. The Hall–Kier alpha value is -0.910. The first-order chi connectivity index (χ1) is 8.55. The Balaban J connectivity index is 2.35. The van der Waals surface area contributed by atoms with Gasteiger partial charge >= 0.3 is 0 Å². The molecule has 2 atom stereocenters. The number of nitrogens with two attached hydrogens (primary N) is 1. The highest BCUT2D eigenvalue weighted by Crippen LogP contribution is 2.16. The van der Waals surface area contributed by atoms with Gasteiger partial charge in [0.05, 0.1) is 12.5 Å². The van der Waals surface area contributed by atoms with Crippen molar-refractivity contribution in [2.75, 3.05) is 13.7 Å². The molecule has 1 amide bonds. The van der Waals surface area contributed by atoms with Crippen LogP contribution in [-0.4, -0.2) is 31.7 Å². The molecule has 0 spiro atoms. The standard InChI is InChI=1S/C13H22N2O2S/c1-9(6-12-5-4-10(2)18-12)15-13(16)7-11(8-14)17-3/h4-5,9,11H,6-8,14H2,1-3H3,(H,15,16). The van der Waals surface area contributed by atoms with E-state index in [1.165, 1.54) is 9.75 Å². The Bertz CT molecular complexity index is 375. The van der Waals surface area contributed by atoms with Crippen LogP contribution in [-0.2, 0) is 16.0 Å². The number of rotatable bonds is 7. The number of thiophene rings is 1. The average molecular weight is 270 g/mol. The molecule has 0 bridgehead atoms. The molecule has 0 saturated carbocycles. The molecule has 0 aliphatic rings. The minimum absolute atomic E-state index is 0.00641. The maximum absolute atomic E-state index is 11.7. The fraction of sp³-hybridized carbons (Fsp3) is 0.615. The number of methoxy groups -OCH3 is 1. The van der Waals surface area contributed by atoms with E-state index < -0.39 is 0 Å². The van der Waals surface area contributed by atoms with E-state index in [1.807, 2.05) is 6.92 Å². The van der Waals surface area contributed by atoms with Gasteiger partial charge in [0.2, 0.25) is 5.91 Å². The molecule has 1 heterocycles. The SMILES string of the molecule is COC(CN)CC(=O)NC(C)Cc1ccc(C)s1. The van der Waals surface area contributed by atoms with Crippen LogP contribution >= 0.6 is 11.3 Å². The van der Waals surface area contributed by atoms with Crippen LogP contribution in [0.4, 0.5) is 0 Å². The van der Waals surface area contributed by atoms with E-state index in [-0.39, 0.29) is 18.1 Å². The van der Waals surface area contributed by atoms with E-state index in [9.17, 15) is 4.79 Å². The fourth-order valence-electron chi connectivity index (χ4n) is 1.75. The quantitative estimate of drug-likeness (QED) is 0.788. The maximum atomic E-state index is 11.7. The Morgan fingerprint density at radius 2 is 2.28 bits per heavy atom. The largest absolute Gasteiger partial charge is 0.380 e. The molecule has 0 radical (unpaired) electrons. The molecule has 1 aromatic rings. The van der Waals surface area contributed by atoms with E-state index in [2.05, 4.69) is 24.4 Å². The number of carbonyl (C=O) groups excluding carboxylic acids is 1.